The van der Waals surface area contributed by atoms with Gasteiger partial charge in [-0.1, -0.05) is 42.5 Å². The second kappa shape index (κ2) is 7.59. The number of likely N-dealkylation sites (tertiary alicyclic amines) is 1. The summed E-state index contributed by atoms with van der Waals surface area (Å²) in [6.07, 6.45) is 2.54. The minimum absolute atomic E-state index is 0.467. The molecule has 0 aliphatic carbocycles. The molecule has 3 nitrogen and oxygen atoms in total. The van der Waals surface area contributed by atoms with Crippen LogP contribution in [0.25, 0.3) is 11.0 Å². The molecule has 2 heterocycles. The highest BCUT2D eigenvalue weighted by Gasteiger charge is 2.22. The molecule has 0 N–H and O–H groups in total. The van der Waals surface area contributed by atoms with Gasteiger partial charge >= 0.3 is 0 Å². The van der Waals surface area contributed by atoms with Crippen molar-refractivity contribution in [1.29, 1.82) is 0 Å². The maximum Gasteiger partial charge on any atom is 0.124 e. The summed E-state index contributed by atoms with van der Waals surface area (Å²) in [6, 6.07) is 19.1. The van der Waals surface area contributed by atoms with Crippen LogP contribution in [0.4, 0.5) is 0 Å². The summed E-state index contributed by atoms with van der Waals surface area (Å²) in [7, 11) is 0. The highest BCUT2D eigenvalue weighted by molar-refractivity contribution is 6.16. The maximum atomic E-state index is 6.16. The van der Waals surface area contributed by atoms with Gasteiger partial charge in [-0.3, -0.25) is 4.90 Å². The van der Waals surface area contributed by atoms with Gasteiger partial charge in [0.05, 0.1) is 16.9 Å². The third-order valence-corrected chi connectivity index (χ3v) is 5.39. The first-order valence-corrected chi connectivity index (χ1v) is 9.63. The molecule has 1 saturated heterocycles. The van der Waals surface area contributed by atoms with Gasteiger partial charge in [0.15, 0.2) is 0 Å². The molecule has 0 radical (unpaired) electrons. The van der Waals surface area contributed by atoms with Crippen molar-refractivity contribution in [2.75, 3.05) is 13.1 Å². The lowest BCUT2D eigenvalue weighted by atomic mass is 9.97. The van der Waals surface area contributed by atoms with E-state index in [2.05, 4.69) is 58.0 Å². The third-order valence-electron chi connectivity index (χ3n) is 5.15. The lowest BCUT2D eigenvalue weighted by molar-refractivity contribution is 0.156. The van der Waals surface area contributed by atoms with Crippen LogP contribution in [-0.2, 0) is 19.0 Å². The SMILES string of the molecule is ClCc1nc2ccccc2n1C[C@@H]1CCCN(Cc2ccccc2)C1. The lowest BCUT2D eigenvalue weighted by Crippen LogP contribution is -2.36. The van der Waals surface area contributed by atoms with Gasteiger partial charge in [0.2, 0.25) is 0 Å². The molecule has 0 bridgehead atoms. The Morgan fingerprint density at radius 3 is 2.68 bits per heavy atom. The minimum Gasteiger partial charge on any atom is -0.327 e. The fraction of sp³-hybridized carbons (Fsp3) is 0.381. The van der Waals surface area contributed by atoms with Gasteiger partial charge in [-0.25, -0.2) is 4.98 Å². The van der Waals surface area contributed by atoms with Crippen molar-refractivity contribution in [3.05, 3.63) is 66.0 Å². The zero-order chi connectivity index (χ0) is 17.1. The summed E-state index contributed by atoms with van der Waals surface area (Å²) in [5.74, 6) is 2.11. The molecule has 3 aromatic rings. The Bertz CT molecular complexity index is 828. The van der Waals surface area contributed by atoms with Gasteiger partial charge in [0.1, 0.15) is 5.82 Å². The number of rotatable bonds is 5. The summed E-state index contributed by atoms with van der Waals surface area (Å²) < 4.78 is 2.33. The highest BCUT2D eigenvalue weighted by atomic mass is 35.5. The van der Waals surface area contributed by atoms with Gasteiger partial charge in [-0.05, 0) is 43.0 Å². The summed E-state index contributed by atoms with van der Waals surface area (Å²) in [6.45, 7) is 4.39. The number of imidazole rings is 1. The van der Waals surface area contributed by atoms with Crippen LogP contribution < -0.4 is 0 Å². The average Bonchev–Trinajstić information content (AvgIpc) is 3.01. The van der Waals surface area contributed by atoms with E-state index in [-0.39, 0.29) is 0 Å². The monoisotopic (exact) mass is 353 g/mol. The first-order chi connectivity index (χ1) is 12.3. The molecule has 1 aliphatic heterocycles. The summed E-state index contributed by atoms with van der Waals surface area (Å²) >= 11 is 6.16. The van der Waals surface area contributed by atoms with Gasteiger partial charge in [-0.15, -0.1) is 11.6 Å². The number of nitrogens with zero attached hydrogens (tertiary/aromatic N) is 3. The van der Waals surface area contributed by atoms with E-state index in [9.17, 15) is 0 Å². The largest absolute Gasteiger partial charge is 0.327 e. The van der Waals surface area contributed by atoms with E-state index in [0.29, 0.717) is 11.8 Å². The fourth-order valence-electron chi connectivity index (χ4n) is 3.97. The standard InChI is InChI=1S/C21H24ClN3/c22-13-21-23-19-10-4-5-11-20(19)25(21)16-18-9-6-12-24(15-18)14-17-7-2-1-3-8-17/h1-5,7-8,10-11,18H,6,9,12-16H2/t18-/m1/s1. The minimum atomic E-state index is 0.467. The Hall–Kier alpha value is -1.84. The first-order valence-electron chi connectivity index (χ1n) is 9.10. The Morgan fingerprint density at radius 2 is 1.84 bits per heavy atom. The third kappa shape index (κ3) is 3.73. The van der Waals surface area contributed by atoms with Gasteiger partial charge < -0.3 is 4.57 Å². The first kappa shape index (κ1) is 16.6. The summed E-state index contributed by atoms with van der Waals surface area (Å²) in [5, 5.41) is 0. The van der Waals surface area contributed by atoms with E-state index in [0.717, 1.165) is 31.0 Å². The van der Waals surface area contributed by atoms with E-state index in [1.807, 2.05) is 6.07 Å². The average molecular weight is 354 g/mol. The van der Waals surface area contributed by atoms with E-state index < -0.39 is 0 Å². The summed E-state index contributed by atoms with van der Waals surface area (Å²) in [5.41, 5.74) is 3.66. The topological polar surface area (TPSA) is 21.1 Å². The molecule has 4 heteroatoms. The number of fused-ring (bicyclic) bond motifs is 1. The Balaban J connectivity index is 1.49. The van der Waals surface area contributed by atoms with E-state index >= 15 is 0 Å². The molecular weight excluding hydrogens is 330 g/mol. The van der Waals surface area contributed by atoms with Crippen molar-refractivity contribution >= 4 is 22.6 Å². The smallest absolute Gasteiger partial charge is 0.124 e. The molecule has 1 aliphatic rings. The molecule has 25 heavy (non-hydrogen) atoms. The number of hydrogen-bond acceptors (Lipinski definition) is 2. The highest BCUT2D eigenvalue weighted by Crippen LogP contribution is 2.24. The predicted octanol–water partition coefficient (Wildman–Crippen LogP) is 4.69. The number of halogens is 1. The van der Waals surface area contributed by atoms with Crippen LogP contribution in [-0.4, -0.2) is 27.5 Å². The van der Waals surface area contributed by atoms with Gasteiger partial charge in [0.25, 0.3) is 0 Å². The lowest BCUT2D eigenvalue weighted by Gasteiger charge is -2.33. The second-order valence-electron chi connectivity index (χ2n) is 6.99. The van der Waals surface area contributed by atoms with Gasteiger partial charge in [-0.2, -0.15) is 0 Å². The van der Waals surface area contributed by atoms with Crippen LogP contribution in [0.3, 0.4) is 0 Å². The van der Waals surface area contributed by atoms with Crippen molar-refractivity contribution in [2.24, 2.45) is 5.92 Å². The Kier molecular flexibility index (Phi) is 5.04. The maximum absolute atomic E-state index is 6.16. The molecule has 1 fully saturated rings. The van der Waals surface area contributed by atoms with Crippen LogP contribution in [0.2, 0.25) is 0 Å². The molecule has 130 valence electrons. The molecule has 0 unspecified atom stereocenters. The van der Waals surface area contributed by atoms with Crippen molar-refractivity contribution in [2.45, 2.75) is 31.8 Å². The van der Waals surface area contributed by atoms with Crippen molar-refractivity contribution in [1.82, 2.24) is 14.5 Å². The van der Waals surface area contributed by atoms with Crippen LogP contribution in [0, 0.1) is 5.92 Å². The van der Waals surface area contributed by atoms with Crippen LogP contribution >= 0.6 is 11.6 Å². The van der Waals surface area contributed by atoms with Crippen LogP contribution in [0.15, 0.2) is 54.6 Å². The molecule has 0 saturated carbocycles. The number of benzene rings is 2. The molecule has 2 aromatic carbocycles. The normalized spacial score (nSPS) is 18.7. The van der Waals surface area contributed by atoms with E-state index in [1.54, 1.807) is 0 Å². The van der Waals surface area contributed by atoms with Gasteiger partial charge in [0, 0.05) is 19.6 Å². The predicted molar refractivity (Wildman–Crippen MR) is 104 cm³/mol. The quantitative estimate of drug-likeness (QED) is 0.620. The van der Waals surface area contributed by atoms with Crippen LogP contribution in [0.5, 0.6) is 0 Å². The summed E-state index contributed by atoms with van der Waals surface area (Å²) in [4.78, 5) is 7.29. The molecule has 0 amide bonds. The van der Waals surface area contributed by atoms with E-state index in [1.165, 1.54) is 30.5 Å². The fourth-order valence-corrected chi connectivity index (χ4v) is 4.18. The molecule has 1 aromatic heterocycles. The van der Waals surface area contributed by atoms with Crippen molar-refractivity contribution < 1.29 is 0 Å². The van der Waals surface area contributed by atoms with E-state index in [4.69, 9.17) is 16.6 Å². The number of alkyl halides is 1. The number of hydrogen-bond donors (Lipinski definition) is 0. The Labute approximate surface area is 154 Å². The molecule has 0 spiro atoms. The second-order valence-corrected chi connectivity index (χ2v) is 7.26. The van der Waals surface area contributed by atoms with Crippen LogP contribution in [0.1, 0.15) is 24.2 Å². The van der Waals surface area contributed by atoms with Crippen molar-refractivity contribution in [3.8, 4) is 0 Å². The number of piperidine rings is 1. The number of aromatic nitrogens is 2. The zero-order valence-corrected chi connectivity index (χ0v) is 15.2. The van der Waals surface area contributed by atoms with Crippen molar-refractivity contribution in [3.63, 3.8) is 0 Å². The number of para-hydroxylation sites is 2. The molecule has 1 atom stereocenters. The Morgan fingerprint density at radius 1 is 1.04 bits per heavy atom. The molecule has 4 rings (SSSR count). The zero-order valence-electron chi connectivity index (χ0n) is 14.4. The molecular formula is C21H24ClN3.